The van der Waals surface area contributed by atoms with Crippen molar-refractivity contribution in [3.05, 3.63) is 23.8 Å². The largest absolute Gasteiger partial charge is 0.373 e. The molecule has 178 valence electrons. The maximum absolute atomic E-state index is 12.0. The minimum absolute atomic E-state index is 0.0959. The van der Waals surface area contributed by atoms with Crippen LogP contribution >= 0.6 is 0 Å². The molecule has 2 aromatic rings. The van der Waals surface area contributed by atoms with Gasteiger partial charge in [0, 0.05) is 23.8 Å². The molecule has 0 bridgehead atoms. The van der Waals surface area contributed by atoms with E-state index in [0.717, 1.165) is 12.1 Å². The van der Waals surface area contributed by atoms with Crippen molar-refractivity contribution in [1.29, 1.82) is 0 Å². The quantitative estimate of drug-likeness (QED) is 0.430. The van der Waals surface area contributed by atoms with Crippen LogP contribution in [-0.4, -0.2) is 54.8 Å². The van der Waals surface area contributed by atoms with Crippen LogP contribution in [0.4, 0.5) is 0 Å². The molecule has 0 spiro atoms. The van der Waals surface area contributed by atoms with Crippen molar-refractivity contribution in [3.8, 4) is 0 Å². The maximum atomic E-state index is 12.0. The third-order valence-electron chi connectivity index (χ3n) is 4.81. The first-order valence-electron chi connectivity index (χ1n) is 11.0. The Morgan fingerprint density at radius 2 is 1.31 bits per heavy atom. The Hall–Kier alpha value is -2.46. The molecule has 0 aliphatic heterocycles. The molecule has 0 fully saturated rings. The number of aryl methyl sites for hydroxylation is 1. The van der Waals surface area contributed by atoms with Crippen LogP contribution in [0.5, 0.6) is 0 Å². The second kappa shape index (κ2) is 11.4. The lowest BCUT2D eigenvalue weighted by atomic mass is 9.88. The van der Waals surface area contributed by atoms with E-state index in [-0.39, 0.29) is 23.5 Å². The van der Waals surface area contributed by atoms with Gasteiger partial charge in [-0.15, -0.1) is 10.2 Å². The molecular formula is C22H36N6O4. The van der Waals surface area contributed by atoms with Crippen molar-refractivity contribution in [2.45, 2.75) is 80.7 Å². The third kappa shape index (κ3) is 8.96. The summed E-state index contributed by atoms with van der Waals surface area (Å²) in [6, 6.07) is 0. The Bertz CT molecular complexity index is 876. The molecule has 0 radical (unpaired) electrons. The highest BCUT2D eigenvalue weighted by atomic mass is 16.5. The number of nitrogens with zero attached hydrogens (tertiary/aromatic N) is 6. The molecule has 0 amide bonds. The summed E-state index contributed by atoms with van der Waals surface area (Å²) in [5.41, 5.74) is 0.695. The van der Waals surface area contributed by atoms with E-state index < -0.39 is 5.41 Å². The van der Waals surface area contributed by atoms with E-state index in [4.69, 9.17) is 9.47 Å². The zero-order valence-corrected chi connectivity index (χ0v) is 20.1. The van der Waals surface area contributed by atoms with Crippen molar-refractivity contribution in [1.82, 2.24) is 30.0 Å². The average molecular weight is 449 g/mol. The Morgan fingerprint density at radius 3 is 1.84 bits per heavy atom. The molecule has 0 unspecified atom stereocenters. The summed E-state index contributed by atoms with van der Waals surface area (Å²) < 4.78 is 14.4. The minimum atomic E-state index is -0.406. The zero-order valence-electron chi connectivity index (χ0n) is 20.1. The molecule has 2 rings (SSSR count). The van der Waals surface area contributed by atoms with Crippen LogP contribution in [0.2, 0.25) is 0 Å². The van der Waals surface area contributed by atoms with Gasteiger partial charge in [-0.1, -0.05) is 52.0 Å². The van der Waals surface area contributed by atoms with Crippen LogP contribution in [0.25, 0.3) is 0 Å². The smallest absolute Gasteiger partial charge is 0.159 e. The molecule has 0 saturated carbocycles. The average Bonchev–Trinajstić information content (AvgIpc) is 3.32. The Labute approximate surface area is 189 Å². The van der Waals surface area contributed by atoms with Crippen LogP contribution in [-0.2, 0) is 45.4 Å². The summed E-state index contributed by atoms with van der Waals surface area (Å²) in [7, 11) is 0. The van der Waals surface area contributed by atoms with Crippen molar-refractivity contribution in [2.75, 3.05) is 13.2 Å². The normalized spacial score (nSPS) is 12.3. The topological polar surface area (TPSA) is 114 Å². The van der Waals surface area contributed by atoms with Crippen LogP contribution in [0.15, 0.2) is 12.4 Å². The van der Waals surface area contributed by atoms with Gasteiger partial charge in [-0.25, -0.2) is 4.68 Å². The third-order valence-corrected chi connectivity index (χ3v) is 4.81. The van der Waals surface area contributed by atoms with Gasteiger partial charge in [-0.3, -0.25) is 14.3 Å². The number of hydrogen-bond acceptors (Lipinski definition) is 8. The van der Waals surface area contributed by atoms with Gasteiger partial charge in [-0.2, -0.15) is 0 Å². The monoisotopic (exact) mass is 448 g/mol. The second-order valence-electron chi connectivity index (χ2n) is 9.94. The van der Waals surface area contributed by atoms with Crippen molar-refractivity contribution >= 4 is 11.6 Å². The predicted molar refractivity (Wildman–Crippen MR) is 118 cm³/mol. The van der Waals surface area contributed by atoms with Gasteiger partial charge in [0.05, 0.1) is 38.8 Å². The molecule has 0 saturated heterocycles. The molecule has 32 heavy (non-hydrogen) atoms. The van der Waals surface area contributed by atoms with Gasteiger partial charge in [0.15, 0.2) is 5.78 Å². The molecule has 10 heteroatoms. The van der Waals surface area contributed by atoms with E-state index in [1.807, 2.05) is 47.7 Å². The highest BCUT2D eigenvalue weighted by Gasteiger charge is 2.22. The first kappa shape index (κ1) is 25.8. The summed E-state index contributed by atoms with van der Waals surface area (Å²) in [6.07, 6.45) is 4.83. The van der Waals surface area contributed by atoms with Gasteiger partial charge in [0.25, 0.3) is 0 Å². The van der Waals surface area contributed by atoms with Gasteiger partial charge < -0.3 is 9.47 Å². The molecule has 0 atom stereocenters. The SMILES string of the molecule is CC(C)(C)C(=O)CCCn1cc(COCCOCc2cn(CC(=O)C(C)(C)C)nn2)nn1. The summed E-state index contributed by atoms with van der Waals surface area (Å²) in [5, 5.41) is 16.1. The number of rotatable bonds is 13. The Kier molecular flexibility index (Phi) is 9.21. The summed E-state index contributed by atoms with van der Waals surface area (Å²) in [4.78, 5) is 24.0. The van der Waals surface area contributed by atoms with E-state index in [0.29, 0.717) is 45.1 Å². The van der Waals surface area contributed by atoms with E-state index in [2.05, 4.69) is 20.6 Å². The first-order valence-corrected chi connectivity index (χ1v) is 11.0. The number of aromatic nitrogens is 6. The van der Waals surface area contributed by atoms with E-state index in [1.54, 1.807) is 10.9 Å². The molecule has 10 nitrogen and oxygen atoms in total. The summed E-state index contributed by atoms with van der Waals surface area (Å²) >= 11 is 0. The number of ketones is 2. The fourth-order valence-corrected chi connectivity index (χ4v) is 2.63. The van der Waals surface area contributed by atoms with Crippen LogP contribution in [0.1, 0.15) is 65.8 Å². The van der Waals surface area contributed by atoms with Crippen molar-refractivity contribution in [2.24, 2.45) is 10.8 Å². The van der Waals surface area contributed by atoms with Gasteiger partial charge in [0.2, 0.25) is 0 Å². The van der Waals surface area contributed by atoms with Crippen LogP contribution in [0.3, 0.4) is 0 Å². The Morgan fingerprint density at radius 1 is 0.812 bits per heavy atom. The molecule has 2 aromatic heterocycles. The fourth-order valence-electron chi connectivity index (χ4n) is 2.63. The number of hydrogen-bond donors (Lipinski definition) is 0. The molecule has 2 heterocycles. The number of carbonyl (C=O) groups excluding carboxylic acids is 2. The lowest BCUT2D eigenvalue weighted by Crippen LogP contribution is -2.25. The number of ether oxygens (including phenoxy) is 2. The highest BCUT2D eigenvalue weighted by Crippen LogP contribution is 2.18. The van der Waals surface area contributed by atoms with Crippen molar-refractivity contribution < 1.29 is 19.1 Å². The number of carbonyl (C=O) groups is 2. The fraction of sp³-hybridized carbons (Fsp3) is 0.727. The maximum Gasteiger partial charge on any atom is 0.159 e. The standard InChI is InChI=1S/C22H36N6O4/c1-21(2,3)19(29)8-7-9-27-12-17(23-25-27)15-31-10-11-32-16-18-13-28(26-24-18)14-20(30)22(4,5)6/h12-13H,7-11,14-16H2,1-6H3. The lowest BCUT2D eigenvalue weighted by Gasteiger charge is -2.15. The molecular weight excluding hydrogens is 412 g/mol. The second-order valence-corrected chi connectivity index (χ2v) is 9.94. The van der Waals surface area contributed by atoms with Crippen LogP contribution < -0.4 is 0 Å². The van der Waals surface area contributed by atoms with Gasteiger partial charge >= 0.3 is 0 Å². The predicted octanol–water partition coefficient (Wildman–Crippen LogP) is 2.61. The molecule has 0 aliphatic carbocycles. The van der Waals surface area contributed by atoms with Gasteiger partial charge in [0.1, 0.15) is 23.7 Å². The van der Waals surface area contributed by atoms with Crippen molar-refractivity contribution in [3.63, 3.8) is 0 Å². The van der Waals surface area contributed by atoms with Crippen LogP contribution in [0, 0.1) is 10.8 Å². The van der Waals surface area contributed by atoms with E-state index in [9.17, 15) is 9.59 Å². The minimum Gasteiger partial charge on any atom is -0.373 e. The highest BCUT2D eigenvalue weighted by molar-refractivity contribution is 5.83. The molecule has 0 aromatic carbocycles. The number of Topliss-reactive ketones (excluding diaryl/α,β-unsaturated/α-hetero) is 2. The molecule has 0 N–H and O–H groups in total. The Balaban J connectivity index is 1.58. The zero-order chi connectivity index (χ0) is 23.8. The molecule has 0 aliphatic rings. The summed E-state index contributed by atoms with van der Waals surface area (Å²) in [5.74, 6) is 0.348. The van der Waals surface area contributed by atoms with E-state index >= 15 is 0 Å². The lowest BCUT2D eigenvalue weighted by molar-refractivity contribution is -0.127. The first-order chi connectivity index (χ1) is 14.9. The van der Waals surface area contributed by atoms with Gasteiger partial charge in [-0.05, 0) is 6.42 Å². The van der Waals surface area contributed by atoms with E-state index in [1.165, 1.54) is 4.68 Å². The summed E-state index contributed by atoms with van der Waals surface area (Å²) in [6.45, 7) is 13.8.